The van der Waals surface area contributed by atoms with Gasteiger partial charge in [-0.15, -0.1) is 0 Å². The summed E-state index contributed by atoms with van der Waals surface area (Å²) >= 11 is 0. The Labute approximate surface area is 221 Å². The number of fused-ring (bicyclic) bond motifs is 1. The molecular weight excluding hydrogens is 476 g/mol. The van der Waals surface area contributed by atoms with Crippen molar-refractivity contribution in [1.82, 2.24) is 14.5 Å². The first kappa shape index (κ1) is 25.0. The maximum Gasteiger partial charge on any atom is 0.411 e. The smallest absolute Gasteiger partial charge is 0.411 e. The summed E-state index contributed by atoms with van der Waals surface area (Å²) in [6, 6.07) is 35.2. The Morgan fingerprint density at radius 1 is 0.842 bits per heavy atom. The van der Waals surface area contributed by atoms with Gasteiger partial charge in [0.1, 0.15) is 6.61 Å². The standard InChI is InChI=1S/C31H30N4O3/c1-23(34(20-24-10-4-2-5-11-24)21-25-12-6-3-7-13-25)22-38-31(37)32-26-16-18-27(19-17-26)35-29-15-9-8-14-28(29)33-30(35)36/h2-19,23H,20-22H2,1H3,(H,32,37)(H,33,36)/t23-/m0/s1. The molecule has 0 aliphatic rings. The zero-order valence-electron chi connectivity index (χ0n) is 21.2. The molecule has 0 bridgehead atoms. The van der Waals surface area contributed by atoms with Crippen molar-refractivity contribution in [3.05, 3.63) is 131 Å². The van der Waals surface area contributed by atoms with Gasteiger partial charge < -0.3 is 9.72 Å². The minimum absolute atomic E-state index is 0.00251. The van der Waals surface area contributed by atoms with Crippen molar-refractivity contribution in [2.75, 3.05) is 11.9 Å². The topological polar surface area (TPSA) is 79.4 Å². The van der Waals surface area contributed by atoms with E-state index in [1.165, 1.54) is 11.1 Å². The van der Waals surface area contributed by atoms with Gasteiger partial charge in [-0.1, -0.05) is 72.8 Å². The number of carbonyl (C=O) groups is 1. The molecule has 1 heterocycles. The van der Waals surface area contributed by atoms with Crippen LogP contribution in [0, 0.1) is 0 Å². The van der Waals surface area contributed by atoms with E-state index >= 15 is 0 Å². The van der Waals surface area contributed by atoms with E-state index < -0.39 is 6.09 Å². The quantitative estimate of drug-likeness (QED) is 0.259. The Bertz CT molecular complexity index is 1500. The summed E-state index contributed by atoms with van der Waals surface area (Å²) in [7, 11) is 0. The SMILES string of the molecule is C[C@@H](COC(=O)Nc1ccc(-n2c(=O)[nH]c3ccccc32)cc1)N(Cc1ccccc1)Cc1ccccc1. The highest BCUT2D eigenvalue weighted by Crippen LogP contribution is 2.18. The average Bonchev–Trinajstić information content (AvgIpc) is 3.28. The van der Waals surface area contributed by atoms with Crippen LogP contribution >= 0.6 is 0 Å². The summed E-state index contributed by atoms with van der Waals surface area (Å²) in [4.78, 5) is 30.2. The van der Waals surface area contributed by atoms with Crippen LogP contribution in [0.25, 0.3) is 16.7 Å². The van der Waals surface area contributed by atoms with E-state index in [4.69, 9.17) is 4.74 Å². The molecular formula is C31H30N4O3. The first-order valence-electron chi connectivity index (χ1n) is 12.6. The molecule has 192 valence electrons. The molecule has 1 aromatic heterocycles. The number of amides is 1. The highest BCUT2D eigenvalue weighted by Gasteiger charge is 2.17. The molecule has 0 unspecified atom stereocenters. The lowest BCUT2D eigenvalue weighted by Gasteiger charge is -2.29. The Morgan fingerprint density at radius 2 is 1.42 bits per heavy atom. The number of aromatic nitrogens is 2. The molecule has 5 aromatic rings. The van der Waals surface area contributed by atoms with Gasteiger partial charge in [0.15, 0.2) is 0 Å². The number of H-pyrrole nitrogens is 1. The molecule has 5 rings (SSSR count). The van der Waals surface area contributed by atoms with Crippen molar-refractivity contribution in [3.8, 4) is 5.69 Å². The Morgan fingerprint density at radius 3 is 2.05 bits per heavy atom. The second-order valence-corrected chi connectivity index (χ2v) is 9.28. The van der Waals surface area contributed by atoms with Crippen molar-refractivity contribution in [2.45, 2.75) is 26.1 Å². The molecule has 2 N–H and O–H groups in total. The third-order valence-electron chi connectivity index (χ3n) is 6.50. The molecule has 1 amide bonds. The predicted octanol–water partition coefficient (Wildman–Crippen LogP) is 5.96. The monoisotopic (exact) mass is 506 g/mol. The first-order valence-corrected chi connectivity index (χ1v) is 12.6. The summed E-state index contributed by atoms with van der Waals surface area (Å²) in [6.45, 7) is 3.80. The van der Waals surface area contributed by atoms with Crippen LogP contribution < -0.4 is 11.0 Å². The second-order valence-electron chi connectivity index (χ2n) is 9.28. The van der Waals surface area contributed by atoms with Crippen molar-refractivity contribution in [3.63, 3.8) is 0 Å². The van der Waals surface area contributed by atoms with Gasteiger partial charge >= 0.3 is 11.8 Å². The van der Waals surface area contributed by atoms with Gasteiger partial charge in [0, 0.05) is 24.8 Å². The van der Waals surface area contributed by atoms with Gasteiger partial charge in [-0.3, -0.25) is 14.8 Å². The molecule has 7 heteroatoms. The number of carbonyl (C=O) groups excluding carboxylic acids is 1. The van der Waals surface area contributed by atoms with Crippen LogP contribution in [0.2, 0.25) is 0 Å². The van der Waals surface area contributed by atoms with E-state index in [1.807, 2.05) is 60.7 Å². The number of nitrogens with one attached hydrogen (secondary N) is 2. The Balaban J connectivity index is 1.21. The van der Waals surface area contributed by atoms with Crippen molar-refractivity contribution in [1.29, 1.82) is 0 Å². The second kappa shape index (κ2) is 11.6. The number of para-hydroxylation sites is 2. The van der Waals surface area contributed by atoms with E-state index in [0.717, 1.165) is 24.1 Å². The fraction of sp³-hybridized carbons (Fsp3) is 0.161. The van der Waals surface area contributed by atoms with Gasteiger partial charge in [-0.25, -0.2) is 9.59 Å². The lowest BCUT2D eigenvalue weighted by Crippen LogP contribution is -2.36. The van der Waals surface area contributed by atoms with E-state index in [2.05, 4.69) is 46.4 Å². The summed E-state index contributed by atoms with van der Waals surface area (Å²) in [5.74, 6) is 0. The zero-order chi connectivity index (χ0) is 26.3. The molecule has 0 radical (unpaired) electrons. The van der Waals surface area contributed by atoms with Crippen LogP contribution in [-0.4, -0.2) is 33.2 Å². The third-order valence-corrected chi connectivity index (χ3v) is 6.50. The lowest BCUT2D eigenvalue weighted by atomic mass is 10.1. The van der Waals surface area contributed by atoms with Crippen LogP contribution in [0.5, 0.6) is 0 Å². The fourth-order valence-corrected chi connectivity index (χ4v) is 4.46. The van der Waals surface area contributed by atoms with Crippen LogP contribution in [0.3, 0.4) is 0 Å². The zero-order valence-corrected chi connectivity index (χ0v) is 21.2. The minimum atomic E-state index is -0.520. The number of hydrogen-bond donors (Lipinski definition) is 2. The van der Waals surface area contributed by atoms with Crippen LogP contribution in [0.4, 0.5) is 10.5 Å². The number of rotatable bonds is 9. The highest BCUT2D eigenvalue weighted by atomic mass is 16.5. The first-order chi connectivity index (χ1) is 18.6. The van der Waals surface area contributed by atoms with Crippen LogP contribution in [-0.2, 0) is 17.8 Å². The number of anilines is 1. The number of aromatic amines is 1. The molecule has 0 fully saturated rings. The molecule has 0 aliphatic heterocycles. The molecule has 1 atom stereocenters. The number of ether oxygens (including phenoxy) is 1. The largest absolute Gasteiger partial charge is 0.448 e. The van der Waals surface area contributed by atoms with Gasteiger partial charge in [0.25, 0.3) is 0 Å². The molecule has 0 saturated heterocycles. The number of hydrogen-bond acceptors (Lipinski definition) is 4. The van der Waals surface area contributed by atoms with E-state index in [9.17, 15) is 9.59 Å². The Hall–Kier alpha value is -4.62. The van der Waals surface area contributed by atoms with Crippen LogP contribution in [0.15, 0.2) is 114 Å². The number of imidazole rings is 1. The predicted molar refractivity (Wildman–Crippen MR) is 150 cm³/mol. The van der Waals surface area contributed by atoms with Gasteiger partial charge in [0.2, 0.25) is 0 Å². The normalized spacial score (nSPS) is 11.9. The van der Waals surface area contributed by atoms with Crippen molar-refractivity contribution in [2.24, 2.45) is 0 Å². The third kappa shape index (κ3) is 6.02. The van der Waals surface area contributed by atoms with Crippen molar-refractivity contribution >= 4 is 22.8 Å². The minimum Gasteiger partial charge on any atom is -0.448 e. The van der Waals surface area contributed by atoms with Gasteiger partial charge in [-0.05, 0) is 54.4 Å². The van der Waals surface area contributed by atoms with Gasteiger partial charge in [-0.2, -0.15) is 0 Å². The summed E-state index contributed by atoms with van der Waals surface area (Å²) in [5, 5.41) is 2.79. The maximum absolute atomic E-state index is 12.6. The van der Waals surface area contributed by atoms with E-state index in [0.29, 0.717) is 11.4 Å². The molecule has 0 saturated carbocycles. The summed E-state index contributed by atoms with van der Waals surface area (Å²) in [6.07, 6.45) is -0.520. The Kier molecular flexibility index (Phi) is 7.66. The molecule has 38 heavy (non-hydrogen) atoms. The van der Waals surface area contributed by atoms with Crippen LogP contribution in [0.1, 0.15) is 18.1 Å². The molecule has 7 nitrogen and oxygen atoms in total. The average molecular weight is 507 g/mol. The van der Waals surface area contributed by atoms with E-state index in [-0.39, 0.29) is 18.3 Å². The summed E-state index contributed by atoms with van der Waals surface area (Å²) in [5.41, 5.74) is 5.05. The molecule has 0 spiro atoms. The fourth-order valence-electron chi connectivity index (χ4n) is 4.46. The lowest BCUT2D eigenvalue weighted by molar-refractivity contribution is 0.0966. The molecule has 0 aliphatic carbocycles. The number of benzene rings is 4. The summed E-state index contributed by atoms with van der Waals surface area (Å²) < 4.78 is 7.20. The van der Waals surface area contributed by atoms with Gasteiger partial charge in [0.05, 0.1) is 16.7 Å². The maximum atomic E-state index is 12.6. The number of nitrogens with zero attached hydrogens (tertiary/aromatic N) is 2. The molecule has 4 aromatic carbocycles. The van der Waals surface area contributed by atoms with Crippen molar-refractivity contribution < 1.29 is 9.53 Å². The van der Waals surface area contributed by atoms with E-state index in [1.54, 1.807) is 28.8 Å². The highest BCUT2D eigenvalue weighted by molar-refractivity contribution is 5.85.